The van der Waals surface area contributed by atoms with Crippen LogP contribution in [0.4, 0.5) is 5.69 Å². The summed E-state index contributed by atoms with van der Waals surface area (Å²) in [5.74, 6) is 0. The minimum absolute atomic E-state index is 0.920. The second-order valence-electron chi connectivity index (χ2n) is 3.57. The Morgan fingerprint density at radius 1 is 1.44 bits per heavy atom. The maximum absolute atomic E-state index is 4.43. The van der Waals surface area contributed by atoms with Gasteiger partial charge in [0.2, 0.25) is 0 Å². The van der Waals surface area contributed by atoms with Crippen molar-refractivity contribution in [3.05, 3.63) is 44.8 Å². The number of aromatic nitrogens is 1. The summed E-state index contributed by atoms with van der Waals surface area (Å²) >= 11 is 5.18. The van der Waals surface area contributed by atoms with Crippen molar-refractivity contribution in [2.24, 2.45) is 0 Å². The first-order valence-corrected chi connectivity index (χ1v) is 6.82. The van der Waals surface area contributed by atoms with Gasteiger partial charge in [-0.3, -0.25) is 0 Å². The number of aryl methyl sites for hydroxylation is 1. The average molecular weight is 297 g/mol. The molecule has 1 aromatic carbocycles. The molecule has 0 saturated carbocycles. The van der Waals surface area contributed by atoms with Gasteiger partial charge in [0.05, 0.1) is 5.01 Å². The Hall–Kier alpha value is -0.870. The smallest absolute Gasteiger partial charge is 0.0945 e. The molecule has 1 heterocycles. The van der Waals surface area contributed by atoms with Gasteiger partial charge in [0, 0.05) is 34.2 Å². The third kappa shape index (κ3) is 3.32. The average Bonchev–Trinajstić information content (AvgIpc) is 2.64. The van der Waals surface area contributed by atoms with Gasteiger partial charge in [0.25, 0.3) is 0 Å². The van der Waals surface area contributed by atoms with Gasteiger partial charge in [-0.05, 0) is 25.1 Å². The maximum Gasteiger partial charge on any atom is 0.0945 e. The number of hydrogen-bond acceptors (Lipinski definition) is 3. The summed E-state index contributed by atoms with van der Waals surface area (Å²) in [4.78, 5) is 4.43. The molecule has 4 heteroatoms. The number of halogens is 1. The lowest BCUT2D eigenvalue weighted by Gasteiger charge is -2.04. The van der Waals surface area contributed by atoms with E-state index < -0.39 is 0 Å². The van der Waals surface area contributed by atoms with E-state index in [4.69, 9.17) is 0 Å². The van der Waals surface area contributed by atoms with Gasteiger partial charge >= 0.3 is 0 Å². The highest BCUT2D eigenvalue weighted by Gasteiger charge is 1.98. The van der Waals surface area contributed by atoms with E-state index >= 15 is 0 Å². The first-order valence-electron chi connectivity index (χ1n) is 5.14. The molecule has 0 spiro atoms. The van der Waals surface area contributed by atoms with Crippen LogP contribution in [0.25, 0.3) is 0 Å². The van der Waals surface area contributed by atoms with Gasteiger partial charge in [-0.2, -0.15) is 0 Å². The Morgan fingerprint density at radius 3 is 3.00 bits per heavy atom. The first kappa shape index (κ1) is 11.6. The molecule has 0 bridgehead atoms. The highest BCUT2D eigenvalue weighted by molar-refractivity contribution is 9.10. The highest BCUT2D eigenvalue weighted by atomic mass is 79.9. The van der Waals surface area contributed by atoms with Crippen LogP contribution in [0.2, 0.25) is 0 Å². The molecule has 0 unspecified atom stereocenters. The van der Waals surface area contributed by atoms with Crippen LogP contribution in [0.15, 0.2) is 34.1 Å². The van der Waals surface area contributed by atoms with Crippen molar-refractivity contribution in [2.45, 2.75) is 13.3 Å². The quantitative estimate of drug-likeness (QED) is 0.926. The molecular weight excluding hydrogens is 284 g/mol. The number of hydrogen-bond donors (Lipinski definition) is 1. The third-order valence-corrected chi connectivity index (χ3v) is 3.68. The lowest BCUT2D eigenvalue weighted by molar-refractivity contribution is 0.987. The van der Waals surface area contributed by atoms with Gasteiger partial charge < -0.3 is 5.32 Å². The van der Waals surface area contributed by atoms with Crippen molar-refractivity contribution in [2.75, 3.05) is 11.9 Å². The summed E-state index contributed by atoms with van der Waals surface area (Å²) in [7, 11) is 0. The molecule has 0 aliphatic carbocycles. The third-order valence-electron chi connectivity index (χ3n) is 2.16. The minimum Gasteiger partial charge on any atom is -0.385 e. The van der Waals surface area contributed by atoms with Crippen molar-refractivity contribution in [1.82, 2.24) is 4.98 Å². The van der Waals surface area contributed by atoms with Crippen molar-refractivity contribution in [3.8, 4) is 0 Å². The van der Waals surface area contributed by atoms with E-state index in [-0.39, 0.29) is 0 Å². The van der Waals surface area contributed by atoms with E-state index in [2.05, 4.69) is 43.7 Å². The molecule has 0 aliphatic heterocycles. The zero-order valence-corrected chi connectivity index (χ0v) is 11.4. The van der Waals surface area contributed by atoms with E-state index in [1.54, 1.807) is 11.3 Å². The molecule has 2 aromatic rings. The topological polar surface area (TPSA) is 24.9 Å². The van der Waals surface area contributed by atoms with Crippen molar-refractivity contribution >= 4 is 33.0 Å². The second-order valence-corrected chi connectivity index (χ2v) is 5.43. The molecular formula is C12H13BrN2S. The number of rotatable bonds is 4. The van der Waals surface area contributed by atoms with Crippen LogP contribution in [0.1, 0.15) is 10.7 Å². The Labute approximate surface area is 108 Å². The predicted octanol–water partition coefficient (Wildman–Crippen LogP) is 3.87. The van der Waals surface area contributed by atoms with Gasteiger partial charge in [-0.15, -0.1) is 11.3 Å². The Morgan fingerprint density at radius 2 is 2.31 bits per heavy atom. The van der Waals surface area contributed by atoms with E-state index in [0.29, 0.717) is 0 Å². The van der Waals surface area contributed by atoms with Gasteiger partial charge in [-0.25, -0.2) is 4.98 Å². The molecule has 1 N–H and O–H groups in total. The molecule has 1 aromatic heterocycles. The standard InChI is InChI=1S/C12H13BrN2S/c1-9-8-16-12(15-9)5-6-14-11-4-2-3-10(13)7-11/h2-4,7-8,14H,5-6H2,1H3. The fourth-order valence-corrected chi connectivity index (χ4v) is 2.60. The van der Waals surface area contributed by atoms with Crippen molar-refractivity contribution in [3.63, 3.8) is 0 Å². The summed E-state index contributed by atoms with van der Waals surface area (Å²) < 4.78 is 1.10. The predicted molar refractivity (Wildman–Crippen MR) is 73.2 cm³/mol. The molecule has 16 heavy (non-hydrogen) atoms. The van der Waals surface area contributed by atoms with Gasteiger partial charge in [0.1, 0.15) is 0 Å². The molecule has 84 valence electrons. The monoisotopic (exact) mass is 296 g/mol. The summed E-state index contributed by atoms with van der Waals surface area (Å²) in [6, 6.07) is 8.19. The molecule has 0 atom stereocenters. The fraction of sp³-hybridized carbons (Fsp3) is 0.250. The molecule has 0 amide bonds. The van der Waals surface area contributed by atoms with Crippen molar-refractivity contribution in [1.29, 1.82) is 0 Å². The lowest BCUT2D eigenvalue weighted by Crippen LogP contribution is -2.04. The largest absolute Gasteiger partial charge is 0.385 e. The summed E-state index contributed by atoms with van der Waals surface area (Å²) in [6.07, 6.45) is 0.977. The number of anilines is 1. The second kappa shape index (κ2) is 5.46. The van der Waals surface area contributed by atoms with E-state index in [1.807, 2.05) is 19.1 Å². The van der Waals surface area contributed by atoms with Crippen LogP contribution >= 0.6 is 27.3 Å². The summed E-state index contributed by atoms with van der Waals surface area (Å²) in [5, 5.41) is 6.67. The minimum atomic E-state index is 0.920. The zero-order chi connectivity index (χ0) is 11.4. The van der Waals surface area contributed by atoms with Crippen LogP contribution in [0, 0.1) is 6.92 Å². The Balaban J connectivity index is 1.84. The maximum atomic E-state index is 4.43. The first-order chi connectivity index (χ1) is 7.74. The number of nitrogens with one attached hydrogen (secondary N) is 1. The number of benzene rings is 1. The molecule has 0 fully saturated rings. The molecule has 0 radical (unpaired) electrons. The molecule has 0 aliphatic rings. The van der Waals surface area contributed by atoms with E-state index in [1.165, 1.54) is 5.01 Å². The zero-order valence-electron chi connectivity index (χ0n) is 9.03. The van der Waals surface area contributed by atoms with Crippen LogP contribution in [-0.2, 0) is 6.42 Å². The highest BCUT2D eigenvalue weighted by Crippen LogP contribution is 2.16. The lowest BCUT2D eigenvalue weighted by atomic mass is 10.3. The molecule has 2 nitrogen and oxygen atoms in total. The van der Waals surface area contributed by atoms with E-state index in [0.717, 1.165) is 28.8 Å². The number of nitrogens with zero attached hydrogens (tertiary/aromatic N) is 1. The fourth-order valence-electron chi connectivity index (χ4n) is 1.43. The Kier molecular flexibility index (Phi) is 3.96. The van der Waals surface area contributed by atoms with Crippen LogP contribution in [0.5, 0.6) is 0 Å². The van der Waals surface area contributed by atoms with E-state index in [9.17, 15) is 0 Å². The Bertz CT molecular complexity index is 468. The van der Waals surface area contributed by atoms with Crippen LogP contribution < -0.4 is 5.32 Å². The van der Waals surface area contributed by atoms with Crippen LogP contribution in [-0.4, -0.2) is 11.5 Å². The summed E-state index contributed by atoms with van der Waals surface area (Å²) in [5.41, 5.74) is 2.25. The van der Waals surface area contributed by atoms with Crippen LogP contribution in [0.3, 0.4) is 0 Å². The normalized spacial score (nSPS) is 10.4. The number of thiazole rings is 1. The molecule has 2 rings (SSSR count). The van der Waals surface area contributed by atoms with Crippen molar-refractivity contribution < 1.29 is 0 Å². The van der Waals surface area contributed by atoms with Gasteiger partial charge in [0.15, 0.2) is 0 Å². The van der Waals surface area contributed by atoms with Gasteiger partial charge in [-0.1, -0.05) is 22.0 Å². The SMILES string of the molecule is Cc1csc(CCNc2cccc(Br)c2)n1. The molecule has 0 saturated heterocycles. The summed E-state index contributed by atoms with van der Waals surface area (Å²) in [6.45, 7) is 2.95.